The minimum Gasteiger partial charge on any atom is -0.279 e. The van der Waals surface area contributed by atoms with Crippen LogP contribution in [0, 0.1) is 0 Å². The number of nitrogens with zero attached hydrogens (tertiary/aromatic N) is 4. The van der Waals surface area contributed by atoms with Crippen LogP contribution in [0.15, 0.2) is 44.9 Å². The van der Waals surface area contributed by atoms with Gasteiger partial charge in [-0.05, 0) is 23.6 Å². The Morgan fingerprint density at radius 1 is 1.00 bits per heavy atom. The predicted molar refractivity (Wildman–Crippen MR) is 93.3 cm³/mol. The Hall–Kier alpha value is -2.68. The van der Waals surface area contributed by atoms with Crippen molar-refractivity contribution in [3.05, 3.63) is 56.9 Å². The minimum atomic E-state index is -3.96. The van der Waals surface area contributed by atoms with Gasteiger partial charge in [0.25, 0.3) is 15.6 Å². The van der Waals surface area contributed by atoms with Gasteiger partial charge in [0.05, 0.1) is 11.1 Å². The van der Waals surface area contributed by atoms with E-state index in [2.05, 4.69) is 5.10 Å². The van der Waals surface area contributed by atoms with Crippen LogP contribution in [0.25, 0.3) is 11.0 Å². The molecule has 0 saturated heterocycles. The van der Waals surface area contributed by atoms with Crippen LogP contribution >= 0.6 is 0 Å². The Labute approximate surface area is 144 Å². The monoisotopic (exact) mass is 362 g/mol. The van der Waals surface area contributed by atoms with Crippen LogP contribution in [0.5, 0.6) is 0 Å². The summed E-state index contributed by atoms with van der Waals surface area (Å²) in [7, 11) is -1.19. The standard InChI is InChI=1S/C16H18N4O4S/c1-10(2)11-5-7-12(8-6-11)25(23,24)20-9-13-14(17-20)18(3)16(22)19(4)15(13)21/h5-10H,1-4H3. The summed E-state index contributed by atoms with van der Waals surface area (Å²) >= 11 is 0. The second-order valence-electron chi connectivity index (χ2n) is 6.17. The van der Waals surface area contributed by atoms with Gasteiger partial charge in [0.2, 0.25) is 0 Å². The number of aromatic nitrogens is 4. The lowest BCUT2D eigenvalue weighted by Gasteiger charge is -2.07. The molecule has 0 amide bonds. The Morgan fingerprint density at radius 2 is 1.60 bits per heavy atom. The van der Waals surface area contributed by atoms with Gasteiger partial charge in [0.1, 0.15) is 5.39 Å². The van der Waals surface area contributed by atoms with Gasteiger partial charge in [0.15, 0.2) is 5.65 Å². The van der Waals surface area contributed by atoms with Crippen molar-refractivity contribution in [3.8, 4) is 0 Å². The van der Waals surface area contributed by atoms with E-state index >= 15 is 0 Å². The Morgan fingerprint density at radius 3 is 2.16 bits per heavy atom. The topological polar surface area (TPSA) is 96.0 Å². The van der Waals surface area contributed by atoms with Gasteiger partial charge in [-0.1, -0.05) is 26.0 Å². The number of rotatable bonds is 3. The largest absolute Gasteiger partial charge is 0.332 e. The van der Waals surface area contributed by atoms with E-state index in [0.29, 0.717) is 0 Å². The van der Waals surface area contributed by atoms with Crippen LogP contribution in [0.1, 0.15) is 25.3 Å². The Bertz CT molecular complexity index is 1180. The molecule has 0 aliphatic rings. The fraction of sp³-hybridized carbons (Fsp3) is 0.312. The van der Waals surface area contributed by atoms with Gasteiger partial charge in [-0.3, -0.25) is 13.9 Å². The van der Waals surface area contributed by atoms with E-state index in [1.165, 1.54) is 26.2 Å². The molecule has 0 radical (unpaired) electrons. The minimum absolute atomic E-state index is 0.0236. The molecule has 0 aliphatic heterocycles. The summed E-state index contributed by atoms with van der Waals surface area (Å²) in [5.41, 5.74) is -0.118. The van der Waals surface area contributed by atoms with Crippen molar-refractivity contribution in [1.29, 1.82) is 0 Å². The van der Waals surface area contributed by atoms with Crippen molar-refractivity contribution < 1.29 is 8.42 Å². The maximum absolute atomic E-state index is 12.8. The lowest BCUT2D eigenvalue weighted by atomic mass is 10.0. The third kappa shape index (κ3) is 2.60. The molecule has 2 aromatic heterocycles. The summed E-state index contributed by atoms with van der Waals surface area (Å²) in [5, 5.41) is 4.02. The zero-order valence-electron chi connectivity index (χ0n) is 14.3. The molecule has 0 unspecified atom stereocenters. The van der Waals surface area contributed by atoms with E-state index in [1.54, 1.807) is 12.1 Å². The molecule has 1 aromatic carbocycles. The molecule has 0 aliphatic carbocycles. The maximum Gasteiger partial charge on any atom is 0.332 e. The van der Waals surface area contributed by atoms with Crippen molar-refractivity contribution in [3.63, 3.8) is 0 Å². The molecular formula is C16H18N4O4S. The third-order valence-electron chi connectivity index (χ3n) is 4.19. The summed E-state index contributed by atoms with van der Waals surface area (Å²) in [4.78, 5) is 24.2. The second kappa shape index (κ2) is 5.69. The van der Waals surface area contributed by atoms with Crippen molar-refractivity contribution >= 4 is 21.1 Å². The molecule has 132 valence electrons. The molecule has 0 bridgehead atoms. The normalized spacial score (nSPS) is 12.2. The molecule has 2 heterocycles. The second-order valence-corrected chi connectivity index (χ2v) is 7.97. The molecule has 3 rings (SSSR count). The van der Waals surface area contributed by atoms with E-state index in [0.717, 1.165) is 25.0 Å². The average molecular weight is 362 g/mol. The van der Waals surface area contributed by atoms with Gasteiger partial charge < -0.3 is 0 Å². The quantitative estimate of drug-likeness (QED) is 0.686. The van der Waals surface area contributed by atoms with Crippen LogP contribution in [0.2, 0.25) is 0 Å². The highest BCUT2D eigenvalue weighted by atomic mass is 32.2. The Balaban J connectivity index is 2.21. The number of fused-ring (bicyclic) bond motifs is 1. The number of hydrogen-bond acceptors (Lipinski definition) is 5. The highest BCUT2D eigenvalue weighted by Gasteiger charge is 2.21. The molecular weight excluding hydrogens is 344 g/mol. The molecule has 0 saturated carbocycles. The molecule has 8 nitrogen and oxygen atoms in total. The van der Waals surface area contributed by atoms with Crippen molar-refractivity contribution in [1.82, 2.24) is 18.3 Å². The third-order valence-corrected chi connectivity index (χ3v) is 5.74. The summed E-state index contributed by atoms with van der Waals surface area (Å²) in [6.07, 6.45) is 1.14. The lowest BCUT2D eigenvalue weighted by Crippen LogP contribution is -2.36. The SMILES string of the molecule is CC(C)c1ccc(S(=O)(=O)n2cc3c(=O)n(C)c(=O)n(C)c3n2)cc1. The molecule has 25 heavy (non-hydrogen) atoms. The van der Waals surface area contributed by atoms with Gasteiger partial charge in [-0.15, -0.1) is 5.10 Å². The molecule has 0 fully saturated rings. The first-order valence-corrected chi connectivity index (χ1v) is 9.09. The molecule has 0 N–H and O–H groups in total. The zero-order chi connectivity index (χ0) is 18.5. The van der Waals surface area contributed by atoms with E-state index < -0.39 is 21.3 Å². The van der Waals surface area contributed by atoms with E-state index in [1.807, 2.05) is 13.8 Å². The number of aryl methyl sites for hydroxylation is 1. The summed E-state index contributed by atoms with van der Waals surface area (Å²) in [6.45, 7) is 4.03. The van der Waals surface area contributed by atoms with Gasteiger partial charge in [0, 0.05) is 14.1 Å². The molecule has 0 atom stereocenters. The zero-order valence-corrected chi connectivity index (χ0v) is 15.1. The van der Waals surface area contributed by atoms with E-state index in [4.69, 9.17) is 0 Å². The summed E-state index contributed by atoms with van der Waals surface area (Å²) < 4.78 is 28.4. The lowest BCUT2D eigenvalue weighted by molar-refractivity contribution is 0.580. The van der Waals surface area contributed by atoms with Crippen molar-refractivity contribution in [2.75, 3.05) is 0 Å². The van der Waals surface area contributed by atoms with E-state index in [9.17, 15) is 18.0 Å². The molecule has 3 aromatic rings. The fourth-order valence-electron chi connectivity index (χ4n) is 2.58. The van der Waals surface area contributed by atoms with Crippen LogP contribution in [0.3, 0.4) is 0 Å². The van der Waals surface area contributed by atoms with E-state index in [-0.39, 0.29) is 21.8 Å². The Kier molecular flexibility index (Phi) is 3.91. The average Bonchev–Trinajstić information content (AvgIpc) is 3.04. The predicted octanol–water partition coefficient (Wildman–Crippen LogP) is 0.794. The summed E-state index contributed by atoms with van der Waals surface area (Å²) in [5.74, 6) is 0.279. The smallest absolute Gasteiger partial charge is 0.279 e. The maximum atomic E-state index is 12.8. The first kappa shape index (κ1) is 17.2. The van der Waals surface area contributed by atoms with Crippen LogP contribution in [-0.2, 0) is 24.1 Å². The van der Waals surface area contributed by atoms with Crippen LogP contribution < -0.4 is 11.2 Å². The fourth-order valence-corrected chi connectivity index (χ4v) is 3.71. The highest BCUT2D eigenvalue weighted by molar-refractivity contribution is 7.89. The number of hydrogen-bond donors (Lipinski definition) is 0. The highest BCUT2D eigenvalue weighted by Crippen LogP contribution is 2.19. The van der Waals surface area contributed by atoms with Gasteiger partial charge >= 0.3 is 5.69 Å². The van der Waals surface area contributed by atoms with Crippen molar-refractivity contribution in [2.45, 2.75) is 24.7 Å². The molecule has 0 spiro atoms. The molecule has 9 heteroatoms. The van der Waals surface area contributed by atoms with Crippen molar-refractivity contribution in [2.24, 2.45) is 14.1 Å². The van der Waals surface area contributed by atoms with Crippen LogP contribution in [-0.4, -0.2) is 26.7 Å². The first-order valence-electron chi connectivity index (χ1n) is 7.65. The number of benzene rings is 1. The summed E-state index contributed by atoms with van der Waals surface area (Å²) in [6, 6.07) is 6.51. The van der Waals surface area contributed by atoms with Gasteiger partial charge in [-0.25, -0.2) is 4.79 Å². The van der Waals surface area contributed by atoms with Crippen LogP contribution in [0.4, 0.5) is 0 Å². The van der Waals surface area contributed by atoms with Gasteiger partial charge in [-0.2, -0.15) is 12.5 Å². The first-order chi connectivity index (χ1) is 11.6.